The number of unbranched alkanes of at least 4 members (excludes halogenated alkanes) is 5. The standard InChI is InChI=1S/C13H26N2O3/c1-2-3-4-5-6-7-8-12(16)15-10-9-11(14)13(17)18/h11H,2-10,14H2,1H3,(H,15,16)(H,17,18)/t11-/m0/s1. The summed E-state index contributed by atoms with van der Waals surface area (Å²) in [5.74, 6) is -1.04. The average molecular weight is 258 g/mol. The van der Waals surface area contributed by atoms with E-state index in [-0.39, 0.29) is 12.3 Å². The topological polar surface area (TPSA) is 92.4 Å². The minimum Gasteiger partial charge on any atom is -0.480 e. The van der Waals surface area contributed by atoms with Crippen molar-refractivity contribution in [1.82, 2.24) is 5.32 Å². The molecule has 0 saturated carbocycles. The van der Waals surface area contributed by atoms with Crippen molar-refractivity contribution >= 4 is 11.9 Å². The third kappa shape index (κ3) is 10.1. The van der Waals surface area contributed by atoms with E-state index in [9.17, 15) is 9.59 Å². The zero-order chi connectivity index (χ0) is 13.8. The third-order valence-corrected chi connectivity index (χ3v) is 2.85. The Bertz CT molecular complexity index is 244. The van der Waals surface area contributed by atoms with Crippen molar-refractivity contribution in [3.05, 3.63) is 0 Å². The monoisotopic (exact) mass is 258 g/mol. The van der Waals surface area contributed by atoms with Gasteiger partial charge in [0, 0.05) is 13.0 Å². The van der Waals surface area contributed by atoms with Crippen LogP contribution in [0.25, 0.3) is 0 Å². The minimum atomic E-state index is -1.03. The van der Waals surface area contributed by atoms with E-state index in [0.717, 1.165) is 12.8 Å². The van der Waals surface area contributed by atoms with Gasteiger partial charge in [-0.3, -0.25) is 9.59 Å². The first kappa shape index (κ1) is 16.9. The molecule has 0 aromatic heterocycles. The summed E-state index contributed by atoms with van der Waals surface area (Å²) in [4.78, 5) is 21.8. The summed E-state index contributed by atoms with van der Waals surface area (Å²) in [5, 5.41) is 11.2. The fourth-order valence-corrected chi connectivity index (χ4v) is 1.64. The summed E-state index contributed by atoms with van der Waals surface area (Å²) in [5.41, 5.74) is 5.32. The number of rotatable bonds is 11. The van der Waals surface area contributed by atoms with Crippen LogP contribution in [0.1, 0.15) is 58.3 Å². The molecule has 1 amide bonds. The van der Waals surface area contributed by atoms with Gasteiger partial charge in [0.25, 0.3) is 0 Å². The summed E-state index contributed by atoms with van der Waals surface area (Å²) in [6.07, 6.45) is 7.70. The predicted octanol–water partition coefficient (Wildman–Crippen LogP) is 1.66. The van der Waals surface area contributed by atoms with Crippen LogP contribution >= 0.6 is 0 Å². The summed E-state index contributed by atoms with van der Waals surface area (Å²) in [6.45, 7) is 2.51. The zero-order valence-corrected chi connectivity index (χ0v) is 11.3. The number of carbonyl (C=O) groups is 2. The van der Waals surface area contributed by atoms with E-state index in [0.29, 0.717) is 13.0 Å². The molecule has 0 rings (SSSR count). The van der Waals surface area contributed by atoms with Crippen molar-refractivity contribution in [2.45, 2.75) is 64.3 Å². The van der Waals surface area contributed by atoms with E-state index in [1.807, 2.05) is 0 Å². The molecule has 0 fully saturated rings. The first-order chi connectivity index (χ1) is 8.57. The molecule has 0 aliphatic carbocycles. The molecule has 0 aromatic carbocycles. The lowest BCUT2D eigenvalue weighted by atomic mass is 10.1. The Labute approximate surface area is 109 Å². The number of aliphatic carboxylic acids is 1. The molecule has 0 unspecified atom stereocenters. The Kier molecular flexibility index (Phi) is 10.3. The quantitative estimate of drug-likeness (QED) is 0.491. The molecular formula is C13H26N2O3. The summed E-state index contributed by atoms with van der Waals surface area (Å²) >= 11 is 0. The van der Waals surface area contributed by atoms with Crippen molar-refractivity contribution in [3.8, 4) is 0 Å². The Hall–Kier alpha value is -1.10. The van der Waals surface area contributed by atoms with Crippen LogP contribution in [0.5, 0.6) is 0 Å². The van der Waals surface area contributed by atoms with Crippen LogP contribution in [0, 0.1) is 0 Å². The molecule has 106 valence electrons. The van der Waals surface area contributed by atoms with Crippen LogP contribution in [0.4, 0.5) is 0 Å². The minimum absolute atomic E-state index is 0.0110. The van der Waals surface area contributed by atoms with Gasteiger partial charge < -0.3 is 16.2 Å². The number of nitrogens with two attached hydrogens (primary N) is 1. The molecular weight excluding hydrogens is 232 g/mol. The number of nitrogens with one attached hydrogen (secondary N) is 1. The molecule has 0 aliphatic rings. The highest BCUT2D eigenvalue weighted by Crippen LogP contribution is 2.06. The van der Waals surface area contributed by atoms with Crippen molar-refractivity contribution in [1.29, 1.82) is 0 Å². The largest absolute Gasteiger partial charge is 0.480 e. The maximum absolute atomic E-state index is 11.4. The lowest BCUT2D eigenvalue weighted by molar-refractivity contribution is -0.138. The molecule has 0 radical (unpaired) electrons. The molecule has 0 bridgehead atoms. The van der Waals surface area contributed by atoms with Crippen LogP contribution in [0.15, 0.2) is 0 Å². The van der Waals surface area contributed by atoms with Gasteiger partial charge >= 0.3 is 5.97 Å². The SMILES string of the molecule is CCCCCCCCC(=O)NCC[C@H](N)C(=O)O. The first-order valence-corrected chi connectivity index (χ1v) is 6.83. The molecule has 0 spiro atoms. The molecule has 18 heavy (non-hydrogen) atoms. The van der Waals surface area contributed by atoms with Gasteiger partial charge in [-0.1, -0.05) is 39.0 Å². The van der Waals surface area contributed by atoms with Gasteiger partial charge in [0.15, 0.2) is 0 Å². The van der Waals surface area contributed by atoms with Crippen molar-refractivity contribution in [3.63, 3.8) is 0 Å². The van der Waals surface area contributed by atoms with E-state index in [2.05, 4.69) is 12.2 Å². The van der Waals surface area contributed by atoms with E-state index in [1.54, 1.807) is 0 Å². The van der Waals surface area contributed by atoms with Crippen LogP contribution in [0.3, 0.4) is 0 Å². The van der Waals surface area contributed by atoms with Gasteiger partial charge in [0.05, 0.1) is 0 Å². The van der Waals surface area contributed by atoms with Gasteiger partial charge in [-0.25, -0.2) is 0 Å². The maximum Gasteiger partial charge on any atom is 0.320 e. The maximum atomic E-state index is 11.4. The molecule has 4 N–H and O–H groups in total. The number of carbonyl (C=O) groups excluding carboxylic acids is 1. The van der Waals surface area contributed by atoms with E-state index >= 15 is 0 Å². The van der Waals surface area contributed by atoms with Gasteiger partial charge in [0.2, 0.25) is 5.91 Å². The highest BCUT2D eigenvalue weighted by atomic mass is 16.4. The lowest BCUT2D eigenvalue weighted by Gasteiger charge is -2.07. The molecule has 0 aromatic rings. The summed E-state index contributed by atoms with van der Waals surface area (Å²) < 4.78 is 0. The normalized spacial score (nSPS) is 12.1. The Morgan fingerprint density at radius 2 is 1.78 bits per heavy atom. The van der Waals surface area contributed by atoms with Gasteiger partial charge in [-0.2, -0.15) is 0 Å². The predicted molar refractivity (Wildman–Crippen MR) is 71.2 cm³/mol. The molecule has 0 aliphatic heterocycles. The third-order valence-electron chi connectivity index (χ3n) is 2.85. The van der Waals surface area contributed by atoms with Gasteiger partial charge in [0.1, 0.15) is 6.04 Å². The smallest absolute Gasteiger partial charge is 0.320 e. The van der Waals surface area contributed by atoms with Crippen molar-refractivity contribution in [2.75, 3.05) is 6.54 Å². The molecule has 0 saturated heterocycles. The fourth-order valence-electron chi connectivity index (χ4n) is 1.64. The first-order valence-electron chi connectivity index (χ1n) is 6.83. The zero-order valence-electron chi connectivity index (χ0n) is 11.3. The van der Waals surface area contributed by atoms with Crippen molar-refractivity contribution in [2.24, 2.45) is 5.73 Å². The van der Waals surface area contributed by atoms with E-state index in [1.165, 1.54) is 25.7 Å². The molecule has 5 nitrogen and oxygen atoms in total. The van der Waals surface area contributed by atoms with Gasteiger partial charge in [-0.15, -0.1) is 0 Å². The number of carboxylic acids is 1. The van der Waals surface area contributed by atoms with Gasteiger partial charge in [-0.05, 0) is 12.8 Å². The Morgan fingerprint density at radius 1 is 1.17 bits per heavy atom. The second kappa shape index (κ2) is 11.0. The summed E-state index contributed by atoms with van der Waals surface area (Å²) in [6, 6.07) is -0.889. The van der Waals surface area contributed by atoms with E-state index < -0.39 is 12.0 Å². The molecule has 5 heteroatoms. The average Bonchev–Trinajstić information content (AvgIpc) is 2.33. The van der Waals surface area contributed by atoms with E-state index in [4.69, 9.17) is 10.8 Å². The van der Waals surface area contributed by atoms with Crippen LogP contribution < -0.4 is 11.1 Å². The van der Waals surface area contributed by atoms with Crippen LogP contribution in [0.2, 0.25) is 0 Å². The van der Waals surface area contributed by atoms with Crippen molar-refractivity contribution < 1.29 is 14.7 Å². The summed E-state index contributed by atoms with van der Waals surface area (Å²) in [7, 11) is 0. The van der Waals surface area contributed by atoms with Crippen LogP contribution in [-0.2, 0) is 9.59 Å². The Balaban J connectivity index is 3.35. The number of hydrogen-bond acceptors (Lipinski definition) is 3. The number of carboxylic acid groups (broad SMARTS) is 1. The van der Waals surface area contributed by atoms with Crippen LogP contribution in [-0.4, -0.2) is 29.6 Å². The number of hydrogen-bond donors (Lipinski definition) is 3. The number of amides is 1. The highest BCUT2D eigenvalue weighted by Gasteiger charge is 2.10. The highest BCUT2D eigenvalue weighted by molar-refractivity contribution is 5.76. The molecule has 0 heterocycles. The Morgan fingerprint density at radius 3 is 2.39 bits per heavy atom. The second-order valence-electron chi connectivity index (χ2n) is 4.60. The lowest BCUT2D eigenvalue weighted by Crippen LogP contribution is -2.35. The fraction of sp³-hybridized carbons (Fsp3) is 0.846. The molecule has 1 atom stereocenters. The second-order valence-corrected chi connectivity index (χ2v) is 4.60.